The minimum absolute atomic E-state index is 0.0246. The maximum Gasteiger partial charge on any atom is 0.243 e. The van der Waals surface area contributed by atoms with Crippen molar-refractivity contribution < 1.29 is 17.6 Å². The summed E-state index contributed by atoms with van der Waals surface area (Å²) in [5.41, 5.74) is 6.24. The number of nitrogens with one attached hydrogen (secondary N) is 2. The Bertz CT molecular complexity index is 630. The smallest absolute Gasteiger partial charge is 0.243 e. The molecule has 4 N–H and O–H groups in total. The van der Waals surface area contributed by atoms with Gasteiger partial charge in [-0.3, -0.25) is 4.79 Å². The van der Waals surface area contributed by atoms with Crippen molar-refractivity contribution in [2.24, 2.45) is 0 Å². The number of anilines is 1. The van der Waals surface area contributed by atoms with E-state index in [1.165, 1.54) is 0 Å². The second-order valence-electron chi connectivity index (χ2n) is 5.01. The van der Waals surface area contributed by atoms with E-state index in [1.807, 2.05) is 0 Å². The summed E-state index contributed by atoms with van der Waals surface area (Å²) in [6, 6.07) is 2.11. The van der Waals surface area contributed by atoms with Crippen LogP contribution in [0.25, 0.3) is 0 Å². The summed E-state index contributed by atoms with van der Waals surface area (Å²) >= 11 is 0. The minimum atomic E-state index is -4.04. The molecule has 1 aromatic carbocycles. The number of rotatable bonds is 6. The van der Waals surface area contributed by atoms with Crippen molar-refractivity contribution >= 4 is 21.6 Å². The second kappa shape index (κ2) is 6.86. The van der Waals surface area contributed by atoms with Gasteiger partial charge in [0.1, 0.15) is 10.7 Å². The van der Waals surface area contributed by atoms with Gasteiger partial charge >= 0.3 is 0 Å². The minimum Gasteiger partial charge on any atom is -0.398 e. The third-order valence-electron chi connectivity index (χ3n) is 2.70. The van der Waals surface area contributed by atoms with Crippen LogP contribution in [0, 0.1) is 12.7 Å². The molecule has 0 fully saturated rings. The molecule has 0 aliphatic heterocycles. The van der Waals surface area contributed by atoms with Crippen molar-refractivity contribution in [3.05, 3.63) is 23.5 Å². The van der Waals surface area contributed by atoms with Crippen LogP contribution in [0.4, 0.5) is 10.1 Å². The zero-order valence-corrected chi connectivity index (χ0v) is 13.1. The number of carbonyl (C=O) groups is 1. The number of benzene rings is 1. The van der Waals surface area contributed by atoms with Crippen LogP contribution in [-0.2, 0) is 14.8 Å². The molecule has 1 aromatic rings. The zero-order valence-electron chi connectivity index (χ0n) is 12.2. The lowest BCUT2D eigenvalue weighted by Gasteiger charge is -2.11. The lowest BCUT2D eigenvalue weighted by atomic mass is 10.2. The Morgan fingerprint density at radius 3 is 2.57 bits per heavy atom. The van der Waals surface area contributed by atoms with E-state index < -0.39 is 20.7 Å². The van der Waals surface area contributed by atoms with Crippen LogP contribution < -0.4 is 15.8 Å². The van der Waals surface area contributed by atoms with E-state index in [0.29, 0.717) is 5.56 Å². The van der Waals surface area contributed by atoms with Gasteiger partial charge in [-0.25, -0.2) is 17.5 Å². The highest BCUT2D eigenvalue weighted by atomic mass is 32.2. The molecule has 0 aliphatic carbocycles. The zero-order chi connectivity index (χ0) is 16.2. The highest BCUT2D eigenvalue weighted by Crippen LogP contribution is 2.21. The van der Waals surface area contributed by atoms with Crippen LogP contribution in [0.2, 0.25) is 0 Å². The molecule has 0 unspecified atom stereocenters. The van der Waals surface area contributed by atoms with Crippen LogP contribution in [0.5, 0.6) is 0 Å². The van der Waals surface area contributed by atoms with Gasteiger partial charge in [0.2, 0.25) is 15.9 Å². The van der Waals surface area contributed by atoms with Gasteiger partial charge < -0.3 is 11.1 Å². The average molecular weight is 317 g/mol. The van der Waals surface area contributed by atoms with Gasteiger partial charge in [-0.2, -0.15) is 0 Å². The number of aryl methyl sites for hydroxylation is 1. The van der Waals surface area contributed by atoms with Crippen molar-refractivity contribution in [3.63, 3.8) is 0 Å². The number of carbonyl (C=O) groups excluding carboxylic acids is 1. The molecule has 0 spiro atoms. The lowest BCUT2D eigenvalue weighted by molar-refractivity contribution is -0.121. The molecule has 0 heterocycles. The molecule has 0 saturated carbocycles. The molecular formula is C13H20FN3O3S. The maximum atomic E-state index is 13.7. The number of hydrogen-bond donors (Lipinski definition) is 3. The summed E-state index contributed by atoms with van der Waals surface area (Å²) in [4.78, 5) is 10.9. The summed E-state index contributed by atoms with van der Waals surface area (Å²) in [6.45, 7) is 5.06. The van der Waals surface area contributed by atoms with E-state index in [0.717, 1.165) is 12.1 Å². The highest BCUT2D eigenvalue weighted by molar-refractivity contribution is 7.89. The first kappa shape index (κ1) is 17.4. The Balaban J connectivity index is 2.75. The number of nitrogens with two attached hydrogens (primary N) is 1. The van der Waals surface area contributed by atoms with Gasteiger partial charge in [0.05, 0.1) is 0 Å². The molecule has 0 aliphatic rings. The summed E-state index contributed by atoms with van der Waals surface area (Å²) in [7, 11) is -4.04. The van der Waals surface area contributed by atoms with Crippen LogP contribution in [0.1, 0.15) is 25.8 Å². The largest absolute Gasteiger partial charge is 0.398 e. The standard InChI is InChI=1S/C13H20FN3O3S/c1-8(2)17-13(18)4-5-16-21(19,20)12-7-11(15)9(3)6-10(12)14/h6-8,16H,4-5,15H2,1-3H3,(H,17,18). The molecule has 6 nitrogen and oxygen atoms in total. The molecule has 0 aromatic heterocycles. The highest BCUT2D eigenvalue weighted by Gasteiger charge is 2.20. The van der Waals surface area contributed by atoms with Crippen LogP contribution in [0.3, 0.4) is 0 Å². The summed E-state index contributed by atoms with van der Waals surface area (Å²) in [6.07, 6.45) is -0.0274. The molecule has 0 saturated heterocycles. The maximum absolute atomic E-state index is 13.7. The predicted molar refractivity (Wildman–Crippen MR) is 78.6 cm³/mol. The van der Waals surface area contributed by atoms with Gasteiger partial charge in [-0.1, -0.05) is 0 Å². The molecule has 0 bridgehead atoms. The predicted octanol–water partition coefficient (Wildman–Crippen LogP) is 0.909. The third kappa shape index (κ3) is 4.98. The first-order valence-electron chi connectivity index (χ1n) is 6.48. The fraction of sp³-hybridized carbons (Fsp3) is 0.462. The Kier molecular flexibility index (Phi) is 5.68. The molecule has 0 atom stereocenters. The molecule has 21 heavy (non-hydrogen) atoms. The fourth-order valence-electron chi connectivity index (χ4n) is 1.65. The van der Waals surface area contributed by atoms with E-state index in [1.54, 1.807) is 20.8 Å². The number of amides is 1. The Hall–Kier alpha value is -1.67. The molecule has 0 radical (unpaired) electrons. The van der Waals surface area contributed by atoms with Gasteiger partial charge in [-0.15, -0.1) is 0 Å². The number of halogens is 1. The molecular weight excluding hydrogens is 297 g/mol. The fourth-order valence-corrected chi connectivity index (χ4v) is 2.77. The number of hydrogen-bond acceptors (Lipinski definition) is 4. The second-order valence-corrected chi connectivity index (χ2v) is 6.74. The molecule has 8 heteroatoms. The van der Waals surface area contributed by atoms with E-state index >= 15 is 0 Å². The monoisotopic (exact) mass is 317 g/mol. The van der Waals surface area contributed by atoms with Crippen molar-refractivity contribution in [2.45, 2.75) is 38.1 Å². The van der Waals surface area contributed by atoms with Gasteiger partial charge in [0, 0.05) is 24.7 Å². The Labute approximate surface area is 124 Å². The van der Waals surface area contributed by atoms with Gasteiger partial charge in [0.15, 0.2) is 0 Å². The molecule has 118 valence electrons. The van der Waals surface area contributed by atoms with E-state index in [2.05, 4.69) is 10.0 Å². The van der Waals surface area contributed by atoms with Crippen molar-refractivity contribution in [2.75, 3.05) is 12.3 Å². The Morgan fingerprint density at radius 2 is 2.00 bits per heavy atom. The van der Waals surface area contributed by atoms with Crippen LogP contribution in [-0.4, -0.2) is 26.9 Å². The number of sulfonamides is 1. The SMILES string of the molecule is Cc1cc(F)c(S(=O)(=O)NCCC(=O)NC(C)C)cc1N. The summed E-state index contributed by atoms with van der Waals surface area (Å²) in [5, 5.41) is 2.63. The summed E-state index contributed by atoms with van der Waals surface area (Å²) in [5.74, 6) is -1.16. The average Bonchev–Trinajstić information content (AvgIpc) is 2.32. The van der Waals surface area contributed by atoms with Crippen molar-refractivity contribution in [3.8, 4) is 0 Å². The van der Waals surface area contributed by atoms with Gasteiger partial charge in [0.25, 0.3) is 0 Å². The summed E-state index contributed by atoms with van der Waals surface area (Å²) < 4.78 is 39.9. The normalized spacial score (nSPS) is 11.7. The third-order valence-corrected chi connectivity index (χ3v) is 4.18. The van der Waals surface area contributed by atoms with Crippen molar-refractivity contribution in [1.29, 1.82) is 0 Å². The van der Waals surface area contributed by atoms with E-state index in [-0.39, 0.29) is 30.6 Å². The number of nitrogen functional groups attached to an aromatic ring is 1. The van der Waals surface area contributed by atoms with Gasteiger partial charge in [-0.05, 0) is 38.5 Å². The lowest BCUT2D eigenvalue weighted by Crippen LogP contribution is -2.34. The quantitative estimate of drug-likeness (QED) is 0.679. The Morgan fingerprint density at radius 1 is 1.38 bits per heavy atom. The van der Waals surface area contributed by atoms with Crippen LogP contribution >= 0.6 is 0 Å². The topological polar surface area (TPSA) is 101 Å². The van der Waals surface area contributed by atoms with E-state index in [4.69, 9.17) is 5.73 Å². The van der Waals surface area contributed by atoms with Crippen LogP contribution in [0.15, 0.2) is 17.0 Å². The molecule has 1 amide bonds. The first-order chi connectivity index (χ1) is 9.63. The van der Waals surface area contributed by atoms with Crippen molar-refractivity contribution in [1.82, 2.24) is 10.0 Å². The van der Waals surface area contributed by atoms with E-state index in [9.17, 15) is 17.6 Å². The first-order valence-corrected chi connectivity index (χ1v) is 7.96. The molecule has 1 rings (SSSR count).